The first-order valence-corrected chi connectivity index (χ1v) is 10.7. The summed E-state index contributed by atoms with van der Waals surface area (Å²) >= 11 is 0. The summed E-state index contributed by atoms with van der Waals surface area (Å²) in [4.78, 5) is 2.45. The zero-order valence-corrected chi connectivity index (χ0v) is 15.3. The van der Waals surface area contributed by atoms with E-state index < -0.39 is 10.0 Å². The Bertz CT molecular complexity index is 677. The molecule has 1 aromatic carbocycles. The van der Waals surface area contributed by atoms with E-state index in [4.69, 9.17) is 0 Å². The fourth-order valence-electron chi connectivity index (χ4n) is 4.77. The van der Waals surface area contributed by atoms with Gasteiger partial charge in [0.15, 0.2) is 0 Å². The topological polar surface area (TPSA) is 40.6 Å². The van der Waals surface area contributed by atoms with Gasteiger partial charge >= 0.3 is 0 Å². The van der Waals surface area contributed by atoms with Gasteiger partial charge in [-0.2, -0.15) is 0 Å². The van der Waals surface area contributed by atoms with Gasteiger partial charge in [-0.3, -0.25) is 0 Å². The molecule has 4 rings (SSSR count). The molecule has 0 amide bonds. The van der Waals surface area contributed by atoms with Crippen LogP contribution in [-0.2, 0) is 10.0 Å². The molecule has 1 atom stereocenters. The Balaban J connectivity index is 1.47. The third kappa shape index (κ3) is 3.14. The van der Waals surface area contributed by atoms with Gasteiger partial charge in [0.25, 0.3) is 0 Å². The third-order valence-electron chi connectivity index (χ3n) is 6.18. The predicted molar refractivity (Wildman–Crippen MR) is 96.5 cm³/mol. The quantitative estimate of drug-likeness (QED) is 0.843. The number of benzene rings is 1. The number of likely N-dealkylation sites (N-methyl/N-ethyl adjacent to an activating group) is 1. The predicted octanol–water partition coefficient (Wildman–Crippen LogP) is 2.68. The molecule has 0 N–H and O–H groups in total. The molecule has 1 unspecified atom stereocenters. The van der Waals surface area contributed by atoms with Crippen molar-refractivity contribution < 1.29 is 8.42 Å². The normalized spacial score (nSPS) is 29.0. The van der Waals surface area contributed by atoms with Crippen molar-refractivity contribution in [1.29, 1.82) is 0 Å². The number of hydrogen-bond acceptors (Lipinski definition) is 3. The zero-order chi connectivity index (χ0) is 16.8. The molecule has 3 aliphatic rings. The number of sulfonamides is 1. The first-order chi connectivity index (χ1) is 11.5. The fraction of sp³-hybridized carbons (Fsp3) is 0.684. The molecule has 132 valence electrons. The van der Waals surface area contributed by atoms with Crippen molar-refractivity contribution in [3.63, 3.8) is 0 Å². The lowest BCUT2D eigenvalue weighted by Crippen LogP contribution is -2.51. The van der Waals surface area contributed by atoms with Crippen molar-refractivity contribution in [3.05, 3.63) is 35.9 Å². The highest BCUT2D eigenvalue weighted by Crippen LogP contribution is 2.45. The zero-order valence-electron chi connectivity index (χ0n) is 14.5. The van der Waals surface area contributed by atoms with Gasteiger partial charge in [0.05, 0.1) is 5.25 Å². The summed E-state index contributed by atoms with van der Waals surface area (Å²) in [5.41, 5.74) is 1.71. The summed E-state index contributed by atoms with van der Waals surface area (Å²) in [5.74, 6) is 0.566. The van der Waals surface area contributed by atoms with Gasteiger partial charge in [0, 0.05) is 26.2 Å². The third-order valence-corrected chi connectivity index (χ3v) is 8.58. The van der Waals surface area contributed by atoms with E-state index >= 15 is 0 Å². The van der Waals surface area contributed by atoms with Crippen LogP contribution in [-0.4, -0.2) is 56.1 Å². The van der Waals surface area contributed by atoms with Gasteiger partial charge in [0.2, 0.25) is 10.0 Å². The van der Waals surface area contributed by atoms with Crippen LogP contribution in [0.1, 0.15) is 43.6 Å². The molecule has 5 heteroatoms. The van der Waals surface area contributed by atoms with E-state index in [2.05, 4.69) is 42.3 Å². The molecule has 0 aromatic heterocycles. The SMILES string of the molecule is CN1CC(c2ccccc2)CC2(CCN(S(=O)(=O)C3CC3)CC2)C1. The highest BCUT2D eigenvalue weighted by Gasteiger charge is 2.46. The van der Waals surface area contributed by atoms with Crippen LogP contribution in [0, 0.1) is 5.41 Å². The van der Waals surface area contributed by atoms with Crippen LogP contribution < -0.4 is 0 Å². The lowest BCUT2D eigenvalue weighted by molar-refractivity contribution is 0.0441. The lowest BCUT2D eigenvalue weighted by atomic mass is 9.68. The van der Waals surface area contributed by atoms with Crippen molar-refractivity contribution in [2.24, 2.45) is 5.41 Å². The van der Waals surface area contributed by atoms with Crippen molar-refractivity contribution >= 4 is 10.0 Å². The van der Waals surface area contributed by atoms with Crippen LogP contribution in [0.4, 0.5) is 0 Å². The van der Waals surface area contributed by atoms with Crippen LogP contribution in [0.5, 0.6) is 0 Å². The van der Waals surface area contributed by atoms with Gasteiger partial charge in [-0.1, -0.05) is 30.3 Å². The van der Waals surface area contributed by atoms with Crippen LogP contribution >= 0.6 is 0 Å². The molecule has 24 heavy (non-hydrogen) atoms. The monoisotopic (exact) mass is 348 g/mol. The number of rotatable bonds is 3. The molecular formula is C19H28N2O2S. The Hall–Kier alpha value is -0.910. The van der Waals surface area contributed by atoms with Crippen LogP contribution in [0.25, 0.3) is 0 Å². The minimum atomic E-state index is -3.00. The Labute approximate surface area is 145 Å². The van der Waals surface area contributed by atoms with E-state index in [9.17, 15) is 8.42 Å². The highest BCUT2D eigenvalue weighted by molar-refractivity contribution is 7.90. The van der Waals surface area contributed by atoms with Gasteiger partial charge in [0.1, 0.15) is 0 Å². The number of hydrogen-bond donors (Lipinski definition) is 0. The van der Waals surface area contributed by atoms with Crippen LogP contribution in [0.2, 0.25) is 0 Å². The van der Waals surface area contributed by atoms with E-state index in [0.717, 1.165) is 38.8 Å². The second kappa shape index (κ2) is 6.11. The summed E-state index contributed by atoms with van der Waals surface area (Å²) in [5, 5.41) is -0.0716. The molecule has 2 heterocycles. The maximum absolute atomic E-state index is 12.5. The van der Waals surface area contributed by atoms with E-state index in [0.29, 0.717) is 19.0 Å². The lowest BCUT2D eigenvalue weighted by Gasteiger charge is -2.49. The molecule has 1 saturated carbocycles. The summed E-state index contributed by atoms with van der Waals surface area (Å²) in [6.07, 6.45) is 4.93. The average molecular weight is 349 g/mol. The van der Waals surface area contributed by atoms with Crippen LogP contribution in [0.3, 0.4) is 0 Å². The second-order valence-electron chi connectivity index (χ2n) is 8.15. The molecular weight excluding hydrogens is 320 g/mol. The molecule has 1 aromatic rings. The molecule has 1 aliphatic carbocycles. The summed E-state index contributed by atoms with van der Waals surface area (Å²) in [7, 11) is -0.791. The van der Waals surface area contributed by atoms with E-state index in [1.54, 1.807) is 4.31 Å². The first kappa shape index (κ1) is 16.6. The molecule has 0 bridgehead atoms. The Kier molecular flexibility index (Phi) is 4.22. The van der Waals surface area contributed by atoms with E-state index in [-0.39, 0.29) is 10.7 Å². The van der Waals surface area contributed by atoms with Gasteiger partial charge < -0.3 is 4.90 Å². The largest absolute Gasteiger partial charge is 0.305 e. The van der Waals surface area contributed by atoms with Gasteiger partial charge in [-0.15, -0.1) is 0 Å². The van der Waals surface area contributed by atoms with Crippen LogP contribution in [0.15, 0.2) is 30.3 Å². The fourth-order valence-corrected chi connectivity index (χ4v) is 6.61. The summed E-state index contributed by atoms with van der Waals surface area (Å²) < 4.78 is 26.7. The summed E-state index contributed by atoms with van der Waals surface area (Å²) in [6, 6.07) is 10.8. The minimum Gasteiger partial charge on any atom is -0.305 e. The van der Waals surface area contributed by atoms with Gasteiger partial charge in [-0.05, 0) is 56.0 Å². The van der Waals surface area contributed by atoms with E-state index in [1.165, 1.54) is 12.0 Å². The van der Waals surface area contributed by atoms with Crippen molar-refractivity contribution in [2.75, 3.05) is 33.2 Å². The number of piperidine rings is 2. The number of nitrogens with zero attached hydrogens (tertiary/aromatic N) is 2. The smallest absolute Gasteiger partial charge is 0.216 e. The first-order valence-electron chi connectivity index (χ1n) is 9.21. The molecule has 2 aliphatic heterocycles. The highest BCUT2D eigenvalue weighted by atomic mass is 32.2. The molecule has 4 nitrogen and oxygen atoms in total. The Morgan fingerprint density at radius 1 is 1.08 bits per heavy atom. The average Bonchev–Trinajstić information content (AvgIpc) is 3.41. The van der Waals surface area contributed by atoms with E-state index in [1.807, 2.05) is 0 Å². The molecule has 1 spiro atoms. The maximum atomic E-state index is 12.5. The Morgan fingerprint density at radius 2 is 1.75 bits per heavy atom. The van der Waals surface area contributed by atoms with Gasteiger partial charge in [-0.25, -0.2) is 12.7 Å². The van der Waals surface area contributed by atoms with Crippen molar-refractivity contribution in [1.82, 2.24) is 9.21 Å². The minimum absolute atomic E-state index is 0.0716. The van der Waals surface area contributed by atoms with Crippen molar-refractivity contribution in [3.8, 4) is 0 Å². The molecule has 2 saturated heterocycles. The molecule has 0 radical (unpaired) electrons. The number of likely N-dealkylation sites (tertiary alicyclic amines) is 1. The molecule has 3 fully saturated rings. The van der Waals surface area contributed by atoms with Crippen molar-refractivity contribution in [2.45, 2.75) is 43.3 Å². The Morgan fingerprint density at radius 3 is 2.38 bits per heavy atom. The standard InChI is InChI=1S/C19H28N2O2S/c1-20-14-17(16-5-3-2-4-6-16)13-19(15-20)9-11-21(12-10-19)24(22,23)18-7-8-18/h2-6,17-18H,7-15H2,1H3. The summed E-state index contributed by atoms with van der Waals surface area (Å²) in [6.45, 7) is 3.64. The maximum Gasteiger partial charge on any atom is 0.216 e. The second-order valence-corrected chi connectivity index (χ2v) is 10.4.